The molecule has 7 nitrogen and oxygen atoms in total. The molecule has 0 spiro atoms. The maximum absolute atomic E-state index is 4.94. The summed E-state index contributed by atoms with van der Waals surface area (Å²) < 4.78 is 0. The predicted molar refractivity (Wildman–Crippen MR) is 131 cm³/mol. The van der Waals surface area contributed by atoms with Crippen LogP contribution in [-0.2, 0) is 6.54 Å². The normalized spacial score (nSPS) is 13.3. The van der Waals surface area contributed by atoms with Crippen molar-refractivity contribution in [3.63, 3.8) is 0 Å². The van der Waals surface area contributed by atoms with Crippen molar-refractivity contribution in [1.29, 1.82) is 0 Å². The minimum absolute atomic E-state index is 0.704. The molecule has 4 aromatic heterocycles. The fourth-order valence-corrected chi connectivity index (χ4v) is 4.25. The smallest absolute Gasteiger partial charge is 0.161 e. The van der Waals surface area contributed by atoms with E-state index in [1.54, 1.807) is 0 Å². The Labute approximate surface area is 190 Å². The number of aromatic nitrogens is 6. The zero-order chi connectivity index (χ0) is 22.2. The van der Waals surface area contributed by atoms with Gasteiger partial charge in [-0.2, -0.15) is 5.10 Å². The number of rotatable bonds is 6. The number of imidazole rings is 1. The summed E-state index contributed by atoms with van der Waals surface area (Å²) in [5.74, 6) is 0.704. The van der Waals surface area contributed by atoms with E-state index in [4.69, 9.17) is 9.97 Å². The van der Waals surface area contributed by atoms with Gasteiger partial charge in [0.1, 0.15) is 5.52 Å². The Hall–Kier alpha value is -4.10. The van der Waals surface area contributed by atoms with Gasteiger partial charge in [0.25, 0.3) is 0 Å². The quantitative estimate of drug-likeness (QED) is 0.350. The molecule has 0 unspecified atom stereocenters. The van der Waals surface area contributed by atoms with Gasteiger partial charge in [-0.15, -0.1) is 0 Å². The monoisotopic (exact) mass is 433 g/mol. The third-order valence-corrected chi connectivity index (χ3v) is 5.90. The molecule has 0 saturated carbocycles. The van der Waals surface area contributed by atoms with Crippen molar-refractivity contribution in [3.8, 4) is 22.8 Å². The molecule has 1 aromatic carbocycles. The van der Waals surface area contributed by atoms with Gasteiger partial charge in [0.05, 0.1) is 22.2 Å². The Morgan fingerprint density at radius 2 is 2.00 bits per heavy atom. The van der Waals surface area contributed by atoms with Crippen molar-refractivity contribution in [3.05, 3.63) is 78.1 Å². The first-order chi connectivity index (χ1) is 16.3. The van der Waals surface area contributed by atoms with Gasteiger partial charge < -0.3 is 10.3 Å². The van der Waals surface area contributed by atoms with E-state index >= 15 is 0 Å². The van der Waals surface area contributed by atoms with E-state index in [1.807, 2.05) is 30.6 Å². The van der Waals surface area contributed by atoms with E-state index in [0.29, 0.717) is 11.5 Å². The van der Waals surface area contributed by atoms with Crippen molar-refractivity contribution in [2.45, 2.75) is 19.9 Å². The summed E-state index contributed by atoms with van der Waals surface area (Å²) in [6, 6.07) is 12.3. The van der Waals surface area contributed by atoms with Crippen LogP contribution in [0.15, 0.2) is 67.0 Å². The van der Waals surface area contributed by atoms with Crippen molar-refractivity contribution < 1.29 is 0 Å². The largest absolute Gasteiger partial charge is 0.336 e. The number of para-hydroxylation sites is 1. The molecule has 1 aliphatic carbocycles. The summed E-state index contributed by atoms with van der Waals surface area (Å²) in [6.45, 7) is 3.79. The molecule has 6 rings (SSSR count). The van der Waals surface area contributed by atoms with Gasteiger partial charge in [-0.25, -0.2) is 9.97 Å². The second kappa shape index (κ2) is 8.11. The molecule has 0 amide bonds. The van der Waals surface area contributed by atoms with Crippen LogP contribution in [0, 0.1) is 0 Å². The molecule has 5 aromatic rings. The highest BCUT2D eigenvalue weighted by Crippen LogP contribution is 2.31. The van der Waals surface area contributed by atoms with Crippen LogP contribution in [0.25, 0.3) is 50.4 Å². The van der Waals surface area contributed by atoms with Crippen LogP contribution in [0.2, 0.25) is 0 Å². The first-order valence-corrected chi connectivity index (χ1v) is 11.2. The predicted octanol–water partition coefficient (Wildman–Crippen LogP) is 5.02. The number of hydrogen-bond donors (Lipinski definition) is 3. The van der Waals surface area contributed by atoms with Crippen molar-refractivity contribution in [2.75, 3.05) is 6.54 Å². The summed E-state index contributed by atoms with van der Waals surface area (Å²) in [5, 5.41) is 11.0. The van der Waals surface area contributed by atoms with Crippen LogP contribution in [0.4, 0.5) is 0 Å². The van der Waals surface area contributed by atoms with E-state index in [0.717, 1.165) is 64.0 Å². The highest BCUT2D eigenvalue weighted by atomic mass is 15.1. The number of fused-ring (bicyclic) bond motifs is 2. The lowest BCUT2D eigenvalue weighted by molar-refractivity contribution is 0.724. The van der Waals surface area contributed by atoms with Crippen molar-refractivity contribution >= 4 is 27.6 Å². The average Bonchev–Trinajstić information content (AvgIpc) is 3.61. The molecule has 1 aliphatic rings. The topological polar surface area (TPSA) is 95.2 Å². The molecule has 0 atom stereocenters. The number of benzene rings is 1. The van der Waals surface area contributed by atoms with Gasteiger partial charge in [0.15, 0.2) is 11.5 Å². The Morgan fingerprint density at radius 3 is 2.88 bits per heavy atom. The molecule has 33 heavy (non-hydrogen) atoms. The standard InChI is InChI=1S/C26H23N7/c1-2-27-13-16-12-18(15-28-14-16)20-10-11-22-24(29-20)25(33-32-22)26-30-21-9-5-8-19(23(21)31-26)17-6-3-4-7-17/h3,5-12,14-15,27H,2,4,13H2,1H3,(H,30,31)(H,32,33). The van der Waals surface area contributed by atoms with Gasteiger partial charge in [-0.05, 0) is 48.4 Å². The van der Waals surface area contributed by atoms with Gasteiger partial charge in [-0.1, -0.05) is 37.3 Å². The summed E-state index contributed by atoms with van der Waals surface area (Å²) in [7, 11) is 0. The van der Waals surface area contributed by atoms with Gasteiger partial charge in [-0.3, -0.25) is 10.1 Å². The Balaban J connectivity index is 1.43. The molecule has 3 N–H and O–H groups in total. The molecule has 7 heteroatoms. The zero-order valence-electron chi connectivity index (χ0n) is 18.3. The fraction of sp³-hybridized carbons (Fsp3) is 0.154. The highest BCUT2D eigenvalue weighted by Gasteiger charge is 2.17. The van der Waals surface area contributed by atoms with E-state index in [9.17, 15) is 0 Å². The zero-order valence-corrected chi connectivity index (χ0v) is 18.3. The molecule has 4 heterocycles. The molecule has 162 valence electrons. The fourth-order valence-electron chi connectivity index (χ4n) is 4.25. The van der Waals surface area contributed by atoms with E-state index in [1.165, 1.54) is 5.57 Å². The van der Waals surface area contributed by atoms with Crippen LogP contribution < -0.4 is 5.32 Å². The average molecular weight is 434 g/mol. The number of pyridine rings is 2. The van der Waals surface area contributed by atoms with Crippen LogP contribution in [-0.4, -0.2) is 36.7 Å². The molecular formula is C26H23N7. The Bertz CT molecular complexity index is 1540. The first kappa shape index (κ1) is 19.6. The summed E-state index contributed by atoms with van der Waals surface area (Å²) in [6.07, 6.45) is 11.2. The lowest BCUT2D eigenvalue weighted by Crippen LogP contribution is -2.11. The van der Waals surface area contributed by atoms with Crippen LogP contribution in [0.3, 0.4) is 0 Å². The number of allylic oxidation sites excluding steroid dienone is 4. The van der Waals surface area contributed by atoms with Gasteiger partial charge >= 0.3 is 0 Å². The molecule has 0 fully saturated rings. The third-order valence-electron chi connectivity index (χ3n) is 5.90. The maximum atomic E-state index is 4.94. The Morgan fingerprint density at radius 1 is 1.03 bits per heavy atom. The maximum Gasteiger partial charge on any atom is 0.161 e. The van der Waals surface area contributed by atoms with E-state index < -0.39 is 0 Å². The number of nitrogens with one attached hydrogen (secondary N) is 3. The second-order valence-corrected chi connectivity index (χ2v) is 8.11. The SMILES string of the molecule is CCNCc1cncc(-c2ccc3[nH]nc(-c4nc5c(C6=CCC=C6)cccc5[nH]4)c3n2)c1. The number of H-pyrrole nitrogens is 2. The molecule has 0 bridgehead atoms. The minimum Gasteiger partial charge on any atom is -0.336 e. The number of hydrogen-bond acceptors (Lipinski definition) is 5. The molecule has 0 aliphatic heterocycles. The summed E-state index contributed by atoms with van der Waals surface area (Å²) in [5.41, 5.74) is 9.58. The Kier molecular flexibility index (Phi) is 4.81. The van der Waals surface area contributed by atoms with Crippen LogP contribution in [0.1, 0.15) is 24.5 Å². The van der Waals surface area contributed by atoms with Crippen LogP contribution in [0.5, 0.6) is 0 Å². The highest BCUT2D eigenvalue weighted by molar-refractivity contribution is 5.96. The van der Waals surface area contributed by atoms with E-state index in [-0.39, 0.29) is 0 Å². The molecule has 0 saturated heterocycles. The minimum atomic E-state index is 0.704. The lowest BCUT2D eigenvalue weighted by Gasteiger charge is -2.05. The third kappa shape index (κ3) is 3.52. The van der Waals surface area contributed by atoms with Gasteiger partial charge in [0, 0.05) is 30.1 Å². The van der Waals surface area contributed by atoms with Crippen molar-refractivity contribution in [2.24, 2.45) is 0 Å². The molecular weight excluding hydrogens is 410 g/mol. The number of aromatic amines is 2. The van der Waals surface area contributed by atoms with E-state index in [2.05, 4.69) is 68.8 Å². The molecule has 0 radical (unpaired) electrons. The first-order valence-electron chi connectivity index (χ1n) is 11.2. The van der Waals surface area contributed by atoms with Crippen molar-refractivity contribution in [1.82, 2.24) is 35.5 Å². The van der Waals surface area contributed by atoms with Crippen LogP contribution >= 0.6 is 0 Å². The summed E-state index contributed by atoms with van der Waals surface area (Å²) >= 11 is 0. The lowest BCUT2D eigenvalue weighted by atomic mass is 10.1. The summed E-state index contributed by atoms with van der Waals surface area (Å²) in [4.78, 5) is 17.7. The van der Waals surface area contributed by atoms with Gasteiger partial charge in [0.2, 0.25) is 0 Å². The second-order valence-electron chi connectivity index (χ2n) is 8.11. The number of nitrogens with zero attached hydrogens (tertiary/aromatic N) is 4.